The van der Waals surface area contributed by atoms with Crippen LogP contribution >= 0.6 is 0 Å². The summed E-state index contributed by atoms with van der Waals surface area (Å²) in [6, 6.07) is 13.5. The summed E-state index contributed by atoms with van der Waals surface area (Å²) in [6.45, 7) is 2.75. The normalized spacial score (nSPS) is 11.0. The van der Waals surface area contributed by atoms with Crippen molar-refractivity contribution in [3.63, 3.8) is 0 Å². The molecule has 1 N–H and O–H groups in total. The number of nitrogens with one attached hydrogen (secondary N) is 1. The minimum Gasteiger partial charge on any atom is -0.345 e. The standard InChI is InChI=1S/C20H25N3O4S/c1-5-23(14-15-9-11-16(12-10-15)19(24)22(2)3)20(25)17-7-6-8-18(13-17)21-28(4,26)27/h6-13,21H,5,14H2,1-4H3. The SMILES string of the molecule is CCN(Cc1ccc(C(=O)N(C)C)cc1)C(=O)c1cccc(NS(C)(=O)=O)c1. The molecule has 0 spiro atoms. The van der Waals surface area contributed by atoms with Gasteiger partial charge in [0, 0.05) is 44.0 Å². The second-order valence-corrected chi connectivity index (χ2v) is 8.42. The van der Waals surface area contributed by atoms with Gasteiger partial charge in [-0.1, -0.05) is 18.2 Å². The van der Waals surface area contributed by atoms with E-state index < -0.39 is 10.0 Å². The molecule has 0 aliphatic rings. The maximum atomic E-state index is 12.9. The van der Waals surface area contributed by atoms with Gasteiger partial charge in [0.1, 0.15) is 0 Å². The van der Waals surface area contributed by atoms with Crippen LogP contribution < -0.4 is 4.72 Å². The third-order valence-corrected chi connectivity index (χ3v) is 4.67. The summed E-state index contributed by atoms with van der Waals surface area (Å²) < 4.78 is 25.2. The molecular formula is C20H25N3O4S. The molecule has 0 heterocycles. The maximum Gasteiger partial charge on any atom is 0.254 e. The molecule has 2 amide bonds. The Morgan fingerprint density at radius 1 is 0.964 bits per heavy atom. The second kappa shape index (κ2) is 8.88. The van der Waals surface area contributed by atoms with E-state index in [9.17, 15) is 18.0 Å². The van der Waals surface area contributed by atoms with Gasteiger partial charge in [-0.05, 0) is 42.8 Å². The molecular weight excluding hydrogens is 378 g/mol. The zero-order valence-corrected chi connectivity index (χ0v) is 17.3. The summed E-state index contributed by atoms with van der Waals surface area (Å²) in [5.41, 5.74) is 2.23. The lowest BCUT2D eigenvalue weighted by Crippen LogP contribution is -2.30. The fraction of sp³-hybridized carbons (Fsp3) is 0.300. The smallest absolute Gasteiger partial charge is 0.254 e. The van der Waals surface area contributed by atoms with Crippen LogP contribution in [0.4, 0.5) is 5.69 Å². The predicted molar refractivity (Wildman–Crippen MR) is 110 cm³/mol. The molecule has 8 heteroatoms. The van der Waals surface area contributed by atoms with Crippen molar-refractivity contribution < 1.29 is 18.0 Å². The number of benzene rings is 2. The number of anilines is 1. The Hall–Kier alpha value is -2.87. The van der Waals surface area contributed by atoms with Crippen LogP contribution in [0.25, 0.3) is 0 Å². The summed E-state index contributed by atoms with van der Waals surface area (Å²) in [6.07, 6.45) is 1.06. The van der Waals surface area contributed by atoms with Crippen molar-refractivity contribution in [2.24, 2.45) is 0 Å². The van der Waals surface area contributed by atoms with E-state index in [2.05, 4.69) is 4.72 Å². The first kappa shape index (κ1) is 21.4. The van der Waals surface area contributed by atoms with Crippen molar-refractivity contribution >= 4 is 27.5 Å². The molecule has 0 fully saturated rings. The molecule has 150 valence electrons. The molecule has 0 unspecified atom stereocenters. The van der Waals surface area contributed by atoms with Crippen molar-refractivity contribution in [1.29, 1.82) is 0 Å². The average Bonchev–Trinajstić information content (AvgIpc) is 2.64. The maximum absolute atomic E-state index is 12.9. The summed E-state index contributed by atoms with van der Waals surface area (Å²) in [4.78, 5) is 28.0. The summed E-state index contributed by atoms with van der Waals surface area (Å²) in [5, 5.41) is 0. The van der Waals surface area contributed by atoms with Crippen molar-refractivity contribution in [1.82, 2.24) is 9.80 Å². The second-order valence-electron chi connectivity index (χ2n) is 6.67. The lowest BCUT2D eigenvalue weighted by molar-refractivity contribution is 0.0751. The van der Waals surface area contributed by atoms with Crippen molar-refractivity contribution in [2.45, 2.75) is 13.5 Å². The molecule has 0 bridgehead atoms. The number of sulfonamides is 1. The molecule has 0 saturated carbocycles. The van der Waals surface area contributed by atoms with E-state index in [4.69, 9.17) is 0 Å². The van der Waals surface area contributed by atoms with Crippen LogP contribution in [0.3, 0.4) is 0 Å². The number of hydrogen-bond donors (Lipinski definition) is 1. The molecule has 2 rings (SSSR count). The minimum atomic E-state index is -3.42. The van der Waals surface area contributed by atoms with Crippen LogP contribution in [0.15, 0.2) is 48.5 Å². The van der Waals surface area contributed by atoms with E-state index in [0.717, 1.165) is 11.8 Å². The van der Waals surface area contributed by atoms with Gasteiger partial charge in [-0.3, -0.25) is 14.3 Å². The molecule has 0 saturated heterocycles. The first-order chi connectivity index (χ1) is 13.1. The lowest BCUT2D eigenvalue weighted by atomic mass is 10.1. The molecule has 0 aliphatic heterocycles. The van der Waals surface area contributed by atoms with Gasteiger partial charge in [0.2, 0.25) is 10.0 Å². The van der Waals surface area contributed by atoms with Crippen molar-refractivity contribution in [3.8, 4) is 0 Å². The number of carbonyl (C=O) groups excluding carboxylic acids is 2. The van der Waals surface area contributed by atoms with E-state index in [-0.39, 0.29) is 11.8 Å². The van der Waals surface area contributed by atoms with Gasteiger partial charge in [0.05, 0.1) is 6.26 Å². The van der Waals surface area contributed by atoms with Gasteiger partial charge in [-0.2, -0.15) is 0 Å². The third kappa shape index (κ3) is 5.82. The largest absolute Gasteiger partial charge is 0.345 e. The lowest BCUT2D eigenvalue weighted by Gasteiger charge is -2.21. The van der Waals surface area contributed by atoms with Crippen molar-refractivity contribution in [3.05, 3.63) is 65.2 Å². The Labute approximate surface area is 166 Å². The average molecular weight is 404 g/mol. The summed E-state index contributed by atoms with van der Waals surface area (Å²) >= 11 is 0. The van der Waals surface area contributed by atoms with Crippen LogP contribution in [0.2, 0.25) is 0 Å². The number of carbonyl (C=O) groups is 2. The van der Waals surface area contributed by atoms with Crippen LogP contribution in [-0.2, 0) is 16.6 Å². The first-order valence-corrected chi connectivity index (χ1v) is 10.7. The minimum absolute atomic E-state index is 0.0786. The number of hydrogen-bond acceptors (Lipinski definition) is 4. The Balaban J connectivity index is 2.16. The Bertz CT molecular complexity index is 954. The Kier molecular flexibility index (Phi) is 6.80. The molecule has 0 radical (unpaired) electrons. The van der Waals surface area contributed by atoms with Crippen LogP contribution in [0, 0.1) is 0 Å². The highest BCUT2D eigenvalue weighted by molar-refractivity contribution is 7.92. The molecule has 0 aliphatic carbocycles. The molecule has 2 aromatic rings. The topological polar surface area (TPSA) is 86.8 Å². The summed E-state index contributed by atoms with van der Waals surface area (Å²) in [5.74, 6) is -0.279. The highest BCUT2D eigenvalue weighted by Crippen LogP contribution is 2.16. The van der Waals surface area contributed by atoms with Crippen LogP contribution in [0.1, 0.15) is 33.2 Å². The van der Waals surface area contributed by atoms with E-state index >= 15 is 0 Å². The zero-order valence-electron chi connectivity index (χ0n) is 16.5. The molecule has 28 heavy (non-hydrogen) atoms. The van der Waals surface area contributed by atoms with E-state index in [1.807, 2.05) is 19.1 Å². The predicted octanol–water partition coefficient (Wildman–Crippen LogP) is 2.42. The van der Waals surface area contributed by atoms with Gasteiger partial charge >= 0.3 is 0 Å². The monoisotopic (exact) mass is 403 g/mol. The fourth-order valence-electron chi connectivity index (χ4n) is 2.67. The van der Waals surface area contributed by atoms with Gasteiger partial charge in [0.25, 0.3) is 11.8 Å². The van der Waals surface area contributed by atoms with E-state index in [0.29, 0.717) is 29.9 Å². The first-order valence-electron chi connectivity index (χ1n) is 8.78. The Morgan fingerprint density at radius 2 is 1.61 bits per heavy atom. The molecule has 0 aromatic heterocycles. The molecule has 0 atom stereocenters. The number of rotatable bonds is 7. The Morgan fingerprint density at radius 3 is 2.14 bits per heavy atom. The number of amides is 2. The van der Waals surface area contributed by atoms with E-state index in [1.54, 1.807) is 49.3 Å². The van der Waals surface area contributed by atoms with Gasteiger partial charge in [-0.15, -0.1) is 0 Å². The fourth-order valence-corrected chi connectivity index (χ4v) is 3.23. The molecule has 2 aromatic carbocycles. The number of nitrogens with zero attached hydrogens (tertiary/aromatic N) is 2. The van der Waals surface area contributed by atoms with Crippen molar-refractivity contribution in [2.75, 3.05) is 31.6 Å². The highest BCUT2D eigenvalue weighted by Gasteiger charge is 2.16. The van der Waals surface area contributed by atoms with Gasteiger partial charge in [-0.25, -0.2) is 8.42 Å². The van der Waals surface area contributed by atoms with Gasteiger partial charge in [0.15, 0.2) is 0 Å². The molecule has 7 nitrogen and oxygen atoms in total. The zero-order chi connectivity index (χ0) is 20.9. The van der Waals surface area contributed by atoms with Gasteiger partial charge < -0.3 is 9.80 Å². The van der Waals surface area contributed by atoms with Crippen LogP contribution in [-0.4, -0.2) is 56.9 Å². The van der Waals surface area contributed by atoms with Crippen LogP contribution in [0.5, 0.6) is 0 Å². The third-order valence-electron chi connectivity index (χ3n) is 4.06. The quantitative estimate of drug-likeness (QED) is 0.769. The van der Waals surface area contributed by atoms with E-state index in [1.165, 1.54) is 11.0 Å². The summed E-state index contributed by atoms with van der Waals surface area (Å²) in [7, 11) is -0.0274. The highest BCUT2D eigenvalue weighted by atomic mass is 32.2.